The zero-order valence-electron chi connectivity index (χ0n) is 12.4. The van der Waals surface area contributed by atoms with E-state index in [9.17, 15) is 14.0 Å². The number of aromatic nitrogens is 2. The molecule has 0 aliphatic carbocycles. The lowest BCUT2D eigenvalue weighted by Crippen LogP contribution is -2.30. The van der Waals surface area contributed by atoms with Crippen molar-refractivity contribution in [3.05, 3.63) is 47.3 Å². The molecular weight excluding hydrogens is 302 g/mol. The van der Waals surface area contributed by atoms with Crippen LogP contribution in [0.5, 0.6) is 5.75 Å². The number of halogens is 2. The van der Waals surface area contributed by atoms with Gasteiger partial charge in [-0.05, 0) is 38.1 Å². The van der Waals surface area contributed by atoms with Gasteiger partial charge < -0.3 is 10.1 Å². The summed E-state index contributed by atoms with van der Waals surface area (Å²) in [6.07, 6.45) is 3.38. The lowest BCUT2D eigenvalue weighted by Gasteiger charge is -2.23. The Bertz CT molecular complexity index is 732. The molecule has 23 heavy (non-hydrogen) atoms. The molecule has 3 rings (SSSR count). The quantitative estimate of drug-likeness (QED) is 0.941. The van der Waals surface area contributed by atoms with Gasteiger partial charge in [-0.3, -0.25) is 4.68 Å². The maximum absolute atomic E-state index is 13.6. The molecule has 1 saturated heterocycles. The van der Waals surface area contributed by atoms with Gasteiger partial charge in [-0.1, -0.05) is 0 Å². The number of benzene rings is 1. The van der Waals surface area contributed by atoms with E-state index in [1.807, 2.05) is 0 Å². The number of nitriles is 1. The van der Waals surface area contributed by atoms with Gasteiger partial charge in [0.05, 0.1) is 12.2 Å². The molecule has 0 amide bonds. The van der Waals surface area contributed by atoms with Crippen LogP contribution in [0.2, 0.25) is 0 Å². The third kappa shape index (κ3) is 3.32. The highest BCUT2D eigenvalue weighted by atomic mass is 19.1. The second kappa shape index (κ2) is 6.75. The third-order valence-electron chi connectivity index (χ3n) is 3.91. The predicted octanol–water partition coefficient (Wildman–Crippen LogP) is 2.54. The van der Waals surface area contributed by atoms with Crippen molar-refractivity contribution in [1.82, 2.24) is 15.1 Å². The van der Waals surface area contributed by atoms with Crippen molar-refractivity contribution in [2.24, 2.45) is 0 Å². The number of ether oxygens (including phenoxy) is 1. The van der Waals surface area contributed by atoms with Crippen LogP contribution in [0.3, 0.4) is 0 Å². The van der Waals surface area contributed by atoms with Crippen LogP contribution in [0.15, 0.2) is 24.4 Å². The summed E-state index contributed by atoms with van der Waals surface area (Å²) in [4.78, 5) is 0. The number of hydrogen-bond acceptors (Lipinski definition) is 4. The third-order valence-corrected chi connectivity index (χ3v) is 3.91. The molecule has 1 fully saturated rings. The molecule has 0 bridgehead atoms. The summed E-state index contributed by atoms with van der Waals surface area (Å²) in [6, 6.07) is 5.45. The van der Waals surface area contributed by atoms with Crippen molar-refractivity contribution in [2.75, 3.05) is 13.1 Å². The maximum Gasteiger partial charge on any atom is 0.167 e. The molecule has 2 heterocycles. The number of nitrogens with one attached hydrogen (secondary N) is 1. The van der Waals surface area contributed by atoms with Crippen LogP contribution < -0.4 is 10.1 Å². The van der Waals surface area contributed by atoms with E-state index in [1.54, 1.807) is 10.9 Å². The van der Waals surface area contributed by atoms with Gasteiger partial charge in [-0.15, -0.1) is 0 Å². The molecule has 5 nitrogen and oxygen atoms in total. The topological polar surface area (TPSA) is 62.9 Å². The average Bonchev–Trinajstić information content (AvgIpc) is 2.98. The minimum absolute atomic E-state index is 0.0103. The first-order valence-electron chi connectivity index (χ1n) is 7.44. The van der Waals surface area contributed by atoms with E-state index in [1.165, 1.54) is 6.07 Å². The molecular formula is C16H16F2N4O. The van der Waals surface area contributed by atoms with Crippen molar-refractivity contribution in [3.8, 4) is 11.8 Å². The second-order valence-electron chi connectivity index (χ2n) is 5.42. The van der Waals surface area contributed by atoms with E-state index in [0.717, 1.165) is 38.1 Å². The van der Waals surface area contributed by atoms with Gasteiger partial charge >= 0.3 is 0 Å². The molecule has 0 unspecified atom stereocenters. The Morgan fingerprint density at radius 3 is 2.83 bits per heavy atom. The van der Waals surface area contributed by atoms with Crippen LogP contribution in [-0.2, 0) is 6.61 Å². The molecule has 1 aromatic heterocycles. The highest BCUT2D eigenvalue weighted by Gasteiger charge is 2.21. The van der Waals surface area contributed by atoms with Crippen molar-refractivity contribution in [2.45, 2.75) is 25.5 Å². The van der Waals surface area contributed by atoms with Gasteiger partial charge in [0, 0.05) is 11.6 Å². The standard InChI is InChI=1S/C16H16F2N4O/c17-12-1-2-16(14(18)7-12)23-10-11-9-21-22(15(11)8-19)13-3-5-20-6-4-13/h1-2,7,9,13,20H,3-6,10H2. The normalized spacial score (nSPS) is 15.3. The fourth-order valence-corrected chi connectivity index (χ4v) is 2.70. The van der Waals surface area contributed by atoms with E-state index in [2.05, 4.69) is 16.5 Å². The van der Waals surface area contributed by atoms with Crippen LogP contribution in [0.4, 0.5) is 8.78 Å². The largest absolute Gasteiger partial charge is 0.486 e. The summed E-state index contributed by atoms with van der Waals surface area (Å²) in [7, 11) is 0. The Morgan fingerprint density at radius 2 is 2.13 bits per heavy atom. The van der Waals surface area contributed by atoms with E-state index in [-0.39, 0.29) is 18.4 Å². The molecule has 7 heteroatoms. The van der Waals surface area contributed by atoms with Crippen molar-refractivity contribution in [1.29, 1.82) is 5.26 Å². The van der Waals surface area contributed by atoms with Gasteiger partial charge in [0.15, 0.2) is 11.6 Å². The number of hydrogen-bond donors (Lipinski definition) is 1. The van der Waals surface area contributed by atoms with Crippen molar-refractivity contribution in [3.63, 3.8) is 0 Å². The molecule has 0 atom stereocenters. The Morgan fingerprint density at radius 1 is 1.35 bits per heavy atom. The minimum atomic E-state index is -0.769. The number of nitrogens with zero attached hydrogens (tertiary/aromatic N) is 3. The highest BCUT2D eigenvalue weighted by Crippen LogP contribution is 2.23. The van der Waals surface area contributed by atoms with E-state index in [4.69, 9.17) is 4.74 Å². The molecule has 1 aliphatic heterocycles. The van der Waals surface area contributed by atoms with Crippen LogP contribution in [0.25, 0.3) is 0 Å². The number of piperidine rings is 1. The molecule has 1 aliphatic rings. The van der Waals surface area contributed by atoms with Gasteiger partial charge in [-0.2, -0.15) is 10.4 Å². The van der Waals surface area contributed by atoms with Crippen LogP contribution in [-0.4, -0.2) is 22.9 Å². The Balaban J connectivity index is 1.75. The second-order valence-corrected chi connectivity index (χ2v) is 5.42. The van der Waals surface area contributed by atoms with Gasteiger partial charge in [-0.25, -0.2) is 8.78 Å². The van der Waals surface area contributed by atoms with Crippen LogP contribution >= 0.6 is 0 Å². The zero-order chi connectivity index (χ0) is 16.2. The first-order valence-corrected chi connectivity index (χ1v) is 7.44. The monoisotopic (exact) mass is 318 g/mol. The van der Waals surface area contributed by atoms with Gasteiger partial charge in [0.1, 0.15) is 24.2 Å². The lowest BCUT2D eigenvalue weighted by molar-refractivity contribution is 0.288. The Labute approximate surface area is 132 Å². The summed E-state index contributed by atoms with van der Waals surface area (Å²) in [5.74, 6) is -1.48. The summed E-state index contributed by atoms with van der Waals surface area (Å²) in [5.41, 5.74) is 1.02. The molecule has 0 saturated carbocycles. The molecule has 1 aromatic carbocycles. The van der Waals surface area contributed by atoms with Gasteiger partial charge in [0.25, 0.3) is 0 Å². The first kappa shape index (κ1) is 15.4. The van der Waals surface area contributed by atoms with Gasteiger partial charge in [0.2, 0.25) is 0 Å². The zero-order valence-corrected chi connectivity index (χ0v) is 12.4. The minimum Gasteiger partial charge on any atom is -0.486 e. The Hall–Kier alpha value is -2.46. The summed E-state index contributed by atoms with van der Waals surface area (Å²) in [6.45, 7) is 1.79. The summed E-state index contributed by atoms with van der Waals surface area (Å²) in [5, 5.41) is 17.0. The first-order chi connectivity index (χ1) is 11.2. The molecule has 120 valence electrons. The highest BCUT2D eigenvalue weighted by molar-refractivity contribution is 5.31. The molecule has 0 spiro atoms. The molecule has 0 radical (unpaired) electrons. The predicted molar refractivity (Wildman–Crippen MR) is 78.8 cm³/mol. The number of rotatable bonds is 4. The van der Waals surface area contributed by atoms with Crippen molar-refractivity contribution >= 4 is 0 Å². The average molecular weight is 318 g/mol. The van der Waals surface area contributed by atoms with E-state index >= 15 is 0 Å². The maximum atomic E-state index is 13.6. The Kier molecular flexibility index (Phi) is 4.53. The van der Waals surface area contributed by atoms with Crippen molar-refractivity contribution < 1.29 is 13.5 Å². The van der Waals surface area contributed by atoms with Crippen LogP contribution in [0, 0.1) is 23.0 Å². The lowest BCUT2D eigenvalue weighted by atomic mass is 10.1. The molecule has 2 aromatic rings. The molecule has 1 N–H and O–H groups in total. The fraction of sp³-hybridized carbons (Fsp3) is 0.375. The summed E-state index contributed by atoms with van der Waals surface area (Å²) >= 11 is 0. The van der Waals surface area contributed by atoms with Crippen LogP contribution in [0.1, 0.15) is 30.1 Å². The smallest absolute Gasteiger partial charge is 0.167 e. The SMILES string of the molecule is N#Cc1c(COc2ccc(F)cc2F)cnn1C1CCNCC1. The fourth-order valence-electron chi connectivity index (χ4n) is 2.70. The summed E-state index contributed by atoms with van der Waals surface area (Å²) < 4.78 is 33.5. The van der Waals surface area contributed by atoms with E-state index in [0.29, 0.717) is 11.3 Å². The van der Waals surface area contributed by atoms with E-state index < -0.39 is 11.6 Å².